The van der Waals surface area contributed by atoms with Crippen molar-refractivity contribution in [3.63, 3.8) is 0 Å². The molecule has 0 aromatic heterocycles. The van der Waals surface area contributed by atoms with Crippen LogP contribution in [0.1, 0.15) is 24.3 Å². The van der Waals surface area contributed by atoms with Crippen LogP contribution >= 0.6 is 11.6 Å². The number of halogens is 3. The summed E-state index contributed by atoms with van der Waals surface area (Å²) in [7, 11) is 0. The van der Waals surface area contributed by atoms with E-state index in [1.165, 1.54) is 6.07 Å². The van der Waals surface area contributed by atoms with Gasteiger partial charge >= 0.3 is 0 Å². The van der Waals surface area contributed by atoms with Crippen molar-refractivity contribution in [2.24, 2.45) is 17.6 Å². The predicted octanol–water partition coefficient (Wildman–Crippen LogP) is 1.95. The summed E-state index contributed by atoms with van der Waals surface area (Å²) in [6.07, 6.45) is 1.48. The first kappa shape index (κ1) is 15.3. The Morgan fingerprint density at radius 2 is 2.13 bits per heavy atom. The molecule has 23 heavy (non-hydrogen) atoms. The van der Waals surface area contributed by atoms with Crippen molar-refractivity contribution in [1.82, 2.24) is 5.32 Å². The van der Waals surface area contributed by atoms with Crippen molar-refractivity contribution in [3.8, 4) is 0 Å². The third-order valence-electron chi connectivity index (χ3n) is 5.52. The quantitative estimate of drug-likeness (QED) is 0.822. The Bertz CT molecular complexity index is 682. The zero-order chi connectivity index (χ0) is 16.4. The molecule has 1 aliphatic carbocycles. The molecular weight excluding hydrogens is 326 g/mol. The van der Waals surface area contributed by atoms with E-state index in [1.807, 2.05) is 0 Å². The number of fused-ring (bicyclic) bond motifs is 1. The van der Waals surface area contributed by atoms with E-state index in [9.17, 15) is 13.6 Å². The van der Waals surface area contributed by atoms with Gasteiger partial charge in [-0.1, -0.05) is 11.6 Å². The Balaban J connectivity index is 1.73. The third kappa shape index (κ3) is 2.27. The van der Waals surface area contributed by atoms with Crippen LogP contribution in [0.3, 0.4) is 0 Å². The standard InChI is InChI=1S/C16H17ClF2N2O2/c17-10-3-11(18)9(2-12(10)19)14(7-5-23-6-7)16-4-8(16)1-13(21-16)15(20)22/h2-3,7-8,13-14,21H,1,4-6H2,(H2,20,22)/t8?,13?,14-,16?/m1/s1. The van der Waals surface area contributed by atoms with Crippen LogP contribution in [0.2, 0.25) is 5.02 Å². The van der Waals surface area contributed by atoms with Gasteiger partial charge in [0.1, 0.15) is 11.6 Å². The monoisotopic (exact) mass is 342 g/mol. The summed E-state index contributed by atoms with van der Waals surface area (Å²) >= 11 is 5.67. The normalized spacial score (nSPS) is 33.9. The molecule has 3 N–H and O–H groups in total. The van der Waals surface area contributed by atoms with Crippen molar-refractivity contribution in [2.45, 2.75) is 30.3 Å². The number of nitrogens with one attached hydrogen (secondary N) is 1. The molecule has 4 rings (SSSR count). The Hall–Kier alpha value is -1.24. The summed E-state index contributed by atoms with van der Waals surface area (Å²) in [4.78, 5) is 11.5. The van der Waals surface area contributed by atoms with Crippen LogP contribution < -0.4 is 11.1 Å². The van der Waals surface area contributed by atoms with E-state index in [4.69, 9.17) is 22.1 Å². The number of carbonyl (C=O) groups excluding carboxylic acids is 1. The van der Waals surface area contributed by atoms with Crippen LogP contribution in [-0.2, 0) is 9.53 Å². The molecule has 0 bridgehead atoms. The van der Waals surface area contributed by atoms with E-state index in [0.29, 0.717) is 25.2 Å². The summed E-state index contributed by atoms with van der Waals surface area (Å²) in [5.74, 6) is -1.46. The molecule has 7 heteroatoms. The van der Waals surface area contributed by atoms with Crippen LogP contribution in [-0.4, -0.2) is 30.7 Å². The molecule has 2 aliphatic heterocycles. The van der Waals surface area contributed by atoms with E-state index in [1.54, 1.807) is 0 Å². The molecule has 3 fully saturated rings. The van der Waals surface area contributed by atoms with Crippen LogP contribution in [0.25, 0.3) is 0 Å². The van der Waals surface area contributed by atoms with E-state index >= 15 is 0 Å². The van der Waals surface area contributed by atoms with Gasteiger partial charge < -0.3 is 10.5 Å². The molecule has 4 atom stereocenters. The zero-order valence-corrected chi connectivity index (χ0v) is 13.1. The number of carbonyl (C=O) groups is 1. The smallest absolute Gasteiger partial charge is 0.234 e. The number of amides is 1. The van der Waals surface area contributed by atoms with E-state index < -0.39 is 29.1 Å². The topological polar surface area (TPSA) is 64.4 Å². The number of benzene rings is 1. The van der Waals surface area contributed by atoms with Crippen molar-refractivity contribution in [3.05, 3.63) is 34.4 Å². The van der Waals surface area contributed by atoms with Gasteiger partial charge in [0.05, 0.1) is 24.3 Å². The summed E-state index contributed by atoms with van der Waals surface area (Å²) in [6.45, 7) is 1.01. The maximum Gasteiger partial charge on any atom is 0.234 e. The first-order valence-corrected chi connectivity index (χ1v) is 8.09. The number of rotatable bonds is 4. The van der Waals surface area contributed by atoms with Crippen molar-refractivity contribution >= 4 is 17.5 Å². The van der Waals surface area contributed by atoms with Crippen LogP contribution in [0.4, 0.5) is 8.78 Å². The first-order valence-electron chi connectivity index (χ1n) is 7.71. The van der Waals surface area contributed by atoms with Gasteiger partial charge in [-0.15, -0.1) is 0 Å². The average Bonchev–Trinajstić information content (AvgIpc) is 3.00. The summed E-state index contributed by atoms with van der Waals surface area (Å²) in [5, 5.41) is 3.07. The number of hydrogen-bond donors (Lipinski definition) is 2. The summed E-state index contributed by atoms with van der Waals surface area (Å²) in [5.41, 5.74) is 5.31. The van der Waals surface area contributed by atoms with E-state index in [0.717, 1.165) is 12.5 Å². The molecule has 0 spiro atoms. The van der Waals surface area contributed by atoms with Crippen molar-refractivity contribution in [2.75, 3.05) is 13.2 Å². The first-order chi connectivity index (χ1) is 10.9. The summed E-state index contributed by atoms with van der Waals surface area (Å²) < 4.78 is 33.7. The molecule has 4 nitrogen and oxygen atoms in total. The third-order valence-corrected chi connectivity index (χ3v) is 5.81. The minimum absolute atomic E-state index is 0.0919. The Morgan fingerprint density at radius 1 is 1.39 bits per heavy atom. The van der Waals surface area contributed by atoms with Gasteiger partial charge in [-0.25, -0.2) is 8.78 Å². The number of hydrogen-bond acceptors (Lipinski definition) is 3. The number of primary amides is 1. The van der Waals surface area contributed by atoms with Gasteiger partial charge in [0.25, 0.3) is 0 Å². The lowest BCUT2D eigenvalue weighted by molar-refractivity contribution is -0.120. The number of ether oxygens (including phenoxy) is 1. The predicted molar refractivity (Wildman–Crippen MR) is 80.0 cm³/mol. The fourth-order valence-electron chi connectivity index (χ4n) is 4.32. The molecule has 1 amide bonds. The molecule has 1 aromatic rings. The van der Waals surface area contributed by atoms with Gasteiger partial charge in [-0.3, -0.25) is 10.1 Å². The number of piperidine rings is 1. The highest BCUT2D eigenvalue weighted by Gasteiger charge is 2.67. The molecule has 2 heterocycles. The lowest BCUT2D eigenvalue weighted by Gasteiger charge is -2.39. The van der Waals surface area contributed by atoms with Gasteiger partial charge in [0.2, 0.25) is 5.91 Å². The van der Waals surface area contributed by atoms with E-state index in [2.05, 4.69) is 5.32 Å². The second-order valence-corrected chi connectivity index (χ2v) is 7.25. The highest BCUT2D eigenvalue weighted by atomic mass is 35.5. The van der Waals surface area contributed by atoms with Gasteiger partial charge in [0, 0.05) is 17.4 Å². The Kier molecular flexibility index (Phi) is 3.41. The Labute approximate surface area is 137 Å². The average molecular weight is 343 g/mol. The largest absolute Gasteiger partial charge is 0.381 e. The maximum atomic E-state index is 14.5. The van der Waals surface area contributed by atoms with Gasteiger partial charge in [0.15, 0.2) is 0 Å². The summed E-state index contributed by atoms with van der Waals surface area (Å²) in [6, 6.07) is 1.80. The second-order valence-electron chi connectivity index (χ2n) is 6.84. The zero-order valence-electron chi connectivity index (χ0n) is 12.3. The molecule has 3 unspecified atom stereocenters. The molecule has 3 aliphatic rings. The van der Waals surface area contributed by atoms with Crippen molar-refractivity contribution < 1.29 is 18.3 Å². The number of nitrogens with two attached hydrogens (primary N) is 1. The molecule has 1 aromatic carbocycles. The minimum atomic E-state index is -0.633. The lowest BCUT2D eigenvalue weighted by atomic mass is 9.77. The highest BCUT2D eigenvalue weighted by Crippen LogP contribution is 2.62. The fraction of sp³-hybridized carbons (Fsp3) is 0.562. The minimum Gasteiger partial charge on any atom is -0.381 e. The van der Waals surface area contributed by atoms with Crippen LogP contribution in [0.5, 0.6) is 0 Å². The van der Waals surface area contributed by atoms with E-state index in [-0.39, 0.29) is 22.8 Å². The van der Waals surface area contributed by atoms with Crippen LogP contribution in [0, 0.1) is 23.5 Å². The molecule has 1 saturated carbocycles. The van der Waals surface area contributed by atoms with Crippen molar-refractivity contribution in [1.29, 1.82) is 0 Å². The highest BCUT2D eigenvalue weighted by molar-refractivity contribution is 6.30. The Morgan fingerprint density at radius 3 is 2.70 bits per heavy atom. The maximum absolute atomic E-state index is 14.5. The SMILES string of the molecule is NC(=O)C1CC2CC2([C@@H](c2cc(F)c(Cl)cc2F)C2COC2)N1. The molecular formula is C16H17ClF2N2O2. The van der Waals surface area contributed by atoms with Gasteiger partial charge in [-0.2, -0.15) is 0 Å². The van der Waals surface area contributed by atoms with Crippen LogP contribution in [0.15, 0.2) is 12.1 Å². The molecule has 124 valence electrons. The lowest BCUT2D eigenvalue weighted by Crippen LogP contribution is -2.50. The second kappa shape index (κ2) is 5.13. The fourth-order valence-corrected chi connectivity index (χ4v) is 4.47. The molecule has 0 radical (unpaired) electrons. The molecule has 2 saturated heterocycles. The van der Waals surface area contributed by atoms with Gasteiger partial charge in [-0.05, 0) is 36.5 Å².